The SMILES string of the molecule is O=C(NC1CCNCC1F)c1csc(-c2cccnc2)n1. The number of halogens is 1. The summed E-state index contributed by atoms with van der Waals surface area (Å²) in [6, 6.07) is 3.26. The van der Waals surface area contributed by atoms with Crippen LogP contribution in [0.3, 0.4) is 0 Å². The van der Waals surface area contributed by atoms with Gasteiger partial charge in [-0.2, -0.15) is 0 Å². The second-order valence-corrected chi connectivity index (χ2v) is 5.73. The van der Waals surface area contributed by atoms with E-state index < -0.39 is 12.2 Å². The largest absolute Gasteiger partial charge is 0.345 e. The minimum Gasteiger partial charge on any atom is -0.345 e. The summed E-state index contributed by atoms with van der Waals surface area (Å²) in [5, 5.41) is 8.10. The number of hydrogen-bond acceptors (Lipinski definition) is 5. The first-order chi connectivity index (χ1) is 10.2. The highest BCUT2D eigenvalue weighted by atomic mass is 32.1. The van der Waals surface area contributed by atoms with Gasteiger partial charge in [-0.1, -0.05) is 0 Å². The summed E-state index contributed by atoms with van der Waals surface area (Å²) < 4.78 is 13.7. The molecule has 2 unspecified atom stereocenters. The molecule has 5 nitrogen and oxygen atoms in total. The van der Waals surface area contributed by atoms with Gasteiger partial charge in [-0.05, 0) is 25.1 Å². The molecular formula is C14H15FN4OS. The van der Waals surface area contributed by atoms with E-state index in [9.17, 15) is 9.18 Å². The van der Waals surface area contributed by atoms with Crippen LogP contribution in [-0.2, 0) is 0 Å². The van der Waals surface area contributed by atoms with Crippen LogP contribution < -0.4 is 10.6 Å². The van der Waals surface area contributed by atoms with E-state index >= 15 is 0 Å². The van der Waals surface area contributed by atoms with Gasteiger partial charge in [0.1, 0.15) is 16.9 Å². The Bertz CT molecular complexity index is 618. The number of nitrogens with one attached hydrogen (secondary N) is 2. The van der Waals surface area contributed by atoms with Gasteiger partial charge in [-0.15, -0.1) is 11.3 Å². The maximum Gasteiger partial charge on any atom is 0.271 e. The summed E-state index contributed by atoms with van der Waals surface area (Å²) in [6.45, 7) is 0.992. The van der Waals surface area contributed by atoms with Gasteiger partial charge in [0.15, 0.2) is 0 Å². The smallest absolute Gasteiger partial charge is 0.271 e. The number of carbonyl (C=O) groups excluding carboxylic acids is 1. The molecule has 2 atom stereocenters. The zero-order valence-electron chi connectivity index (χ0n) is 11.3. The van der Waals surface area contributed by atoms with E-state index in [-0.39, 0.29) is 12.5 Å². The number of carbonyl (C=O) groups is 1. The molecule has 0 aliphatic carbocycles. The number of rotatable bonds is 3. The lowest BCUT2D eigenvalue weighted by atomic mass is 10.0. The molecule has 3 heterocycles. The van der Waals surface area contributed by atoms with E-state index in [1.54, 1.807) is 17.8 Å². The van der Waals surface area contributed by atoms with Crippen molar-refractivity contribution in [3.8, 4) is 10.6 Å². The van der Waals surface area contributed by atoms with Crippen LogP contribution in [0, 0.1) is 0 Å². The molecule has 1 aliphatic heterocycles. The third kappa shape index (κ3) is 3.25. The minimum absolute atomic E-state index is 0.281. The van der Waals surface area contributed by atoms with Crippen LogP contribution in [0.15, 0.2) is 29.9 Å². The van der Waals surface area contributed by atoms with Crippen molar-refractivity contribution in [3.63, 3.8) is 0 Å². The Morgan fingerprint density at radius 2 is 2.43 bits per heavy atom. The van der Waals surface area contributed by atoms with Gasteiger partial charge in [0, 0.05) is 29.9 Å². The molecule has 0 bridgehead atoms. The molecule has 21 heavy (non-hydrogen) atoms. The van der Waals surface area contributed by atoms with E-state index in [1.807, 2.05) is 12.1 Å². The molecule has 0 spiro atoms. The zero-order chi connectivity index (χ0) is 14.7. The second kappa shape index (κ2) is 6.28. The van der Waals surface area contributed by atoms with Gasteiger partial charge in [0.25, 0.3) is 5.91 Å². The van der Waals surface area contributed by atoms with Crippen LogP contribution in [-0.4, -0.2) is 41.2 Å². The van der Waals surface area contributed by atoms with Gasteiger partial charge in [-0.25, -0.2) is 9.37 Å². The van der Waals surface area contributed by atoms with Crippen molar-refractivity contribution in [2.45, 2.75) is 18.6 Å². The third-order valence-electron chi connectivity index (χ3n) is 3.37. The van der Waals surface area contributed by atoms with Crippen molar-refractivity contribution in [1.29, 1.82) is 0 Å². The lowest BCUT2D eigenvalue weighted by Gasteiger charge is -2.27. The number of amides is 1. The Labute approximate surface area is 125 Å². The van der Waals surface area contributed by atoms with Gasteiger partial charge in [0.2, 0.25) is 0 Å². The molecule has 1 fully saturated rings. The quantitative estimate of drug-likeness (QED) is 0.904. The monoisotopic (exact) mass is 306 g/mol. The van der Waals surface area contributed by atoms with Gasteiger partial charge in [-0.3, -0.25) is 9.78 Å². The molecule has 1 saturated heterocycles. The van der Waals surface area contributed by atoms with Crippen molar-refractivity contribution in [1.82, 2.24) is 20.6 Å². The maximum atomic E-state index is 13.7. The lowest BCUT2D eigenvalue weighted by Crippen LogP contribution is -2.50. The summed E-state index contributed by atoms with van der Waals surface area (Å²) in [6.07, 6.45) is 2.92. The van der Waals surface area contributed by atoms with Crippen LogP contribution in [0.4, 0.5) is 4.39 Å². The molecule has 2 aromatic rings. The summed E-state index contributed by atoms with van der Waals surface area (Å²) >= 11 is 1.38. The molecule has 7 heteroatoms. The standard InChI is InChI=1S/C14H15FN4OS/c15-10-7-17-5-3-11(10)18-13(20)12-8-21-14(19-12)9-2-1-4-16-6-9/h1-2,4,6,8,10-11,17H,3,5,7H2,(H,18,20). The third-order valence-corrected chi connectivity index (χ3v) is 4.26. The first-order valence-corrected chi connectivity index (χ1v) is 7.63. The zero-order valence-corrected chi connectivity index (χ0v) is 12.1. The fraction of sp³-hybridized carbons (Fsp3) is 0.357. The molecule has 3 rings (SSSR count). The average molecular weight is 306 g/mol. The number of alkyl halides is 1. The normalized spacial score (nSPS) is 22.0. The summed E-state index contributed by atoms with van der Waals surface area (Å²) in [5.74, 6) is -0.323. The Balaban J connectivity index is 1.69. The number of pyridine rings is 1. The Morgan fingerprint density at radius 3 is 3.19 bits per heavy atom. The molecule has 1 amide bonds. The topological polar surface area (TPSA) is 66.9 Å². The molecule has 110 valence electrons. The molecule has 0 radical (unpaired) electrons. The Hall–Kier alpha value is -1.86. The average Bonchev–Trinajstić information content (AvgIpc) is 3.00. The van der Waals surface area contributed by atoms with E-state index in [1.165, 1.54) is 11.3 Å². The first-order valence-electron chi connectivity index (χ1n) is 6.75. The molecule has 1 aliphatic rings. The van der Waals surface area contributed by atoms with Gasteiger partial charge >= 0.3 is 0 Å². The Morgan fingerprint density at radius 1 is 1.52 bits per heavy atom. The fourth-order valence-corrected chi connectivity index (χ4v) is 3.02. The van der Waals surface area contributed by atoms with E-state index in [2.05, 4.69) is 20.6 Å². The highest BCUT2D eigenvalue weighted by Crippen LogP contribution is 2.22. The van der Waals surface area contributed by atoms with E-state index in [0.717, 1.165) is 10.6 Å². The van der Waals surface area contributed by atoms with Crippen molar-refractivity contribution in [3.05, 3.63) is 35.6 Å². The van der Waals surface area contributed by atoms with Crippen molar-refractivity contribution in [2.75, 3.05) is 13.1 Å². The maximum absolute atomic E-state index is 13.7. The number of piperidine rings is 1. The highest BCUT2D eigenvalue weighted by molar-refractivity contribution is 7.13. The van der Waals surface area contributed by atoms with Gasteiger partial charge < -0.3 is 10.6 Å². The van der Waals surface area contributed by atoms with Crippen LogP contribution in [0.5, 0.6) is 0 Å². The number of aromatic nitrogens is 2. The predicted octanol–water partition coefficient (Wildman–Crippen LogP) is 1.63. The number of hydrogen-bond donors (Lipinski definition) is 2. The number of nitrogens with zero attached hydrogens (tertiary/aromatic N) is 2. The molecule has 2 N–H and O–H groups in total. The lowest BCUT2D eigenvalue weighted by molar-refractivity contribution is 0.0888. The highest BCUT2D eigenvalue weighted by Gasteiger charge is 2.26. The molecule has 2 aromatic heterocycles. The minimum atomic E-state index is -1.06. The van der Waals surface area contributed by atoms with Gasteiger partial charge in [0.05, 0.1) is 6.04 Å². The van der Waals surface area contributed by atoms with Crippen molar-refractivity contribution in [2.24, 2.45) is 0 Å². The predicted molar refractivity (Wildman–Crippen MR) is 79.0 cm³/mol. The van der Waals surface area contributed by atoms with Crippen LogP contribution in [0.2, 0.25) is 0 Å². The van der Waals surface area contributed by atoms with E-state index in [4.69, 9.17) is 0 Å². The van der Waals surface area contributed by atoms with Crippen LogP contribution >= 0.6 is 11.3 Å². The van der Waals surface area contributed by atoms with Crippen LogP contribution in [0.25, 0.3) is 10.6 Å². The number of thiazole rings is 1. The van der Waals surface area contributed by atoms with E-state index in [0.29, 0.717) is 18.7 Å². The molecule has 0 saturated carbocycles. The summed E-state index contributed by atoms with van der Waals surface area (Å²) in [5.41, 5.74) is 1.19. The van der Waals surface area contributed by atoms with Crippen LogP contribution in [0.1, 0.15) is 16.9 Å². The summed E-state index contributed by atoms with van der Waals surface area (Å²) in [7, 11) is 0. The molecular weight excluding hydrogens is 291 g/mol. The van der Waals surface area contributed by atoms with Crippen molar-refractivity contribution >= 4 is 17.2 Å². The molecule has 0 aromatic carbocycles. The fourth-order valence-electron chi connectivity index (χ4n) is 2.23. The van der Waals surface area contributed by atoms with Crippen molar-refractivity contribution < 1.29 is 9.18 Å². The second-order valence-electron chi connectivity index (χ2n) is 4.87. The first kappa shape index (κ1) is 14.1. The Kier molecular flexibility index (Phi) is 4.21. The summed E-state index contributed by atoms with van der Waals surface area (Å²) in [4.78, 5) is 20.5.